The van der Waals surface area contributed by atoms with Gasteiger partial charge in [-0.05, 0) is 194 Å². The van der Waals surface area contributed by atoms with Crippen molar-refractivity contribution in [2.24, 2.45) is 0 Å². The molecular weight excluding hydrogens is 1400 g/mol. The summed E-state index contributed by atoms with van der Waals surface area (Å²) >= 11 is 51.4. The summed E-state index contributed by atoms with van der Waals surface area (Å²) in [4.78, 5) is 139. The number of carbonyl (C=O) groups is 8. The molecule has 10 rings (SSSR count). The van der Waals surface area contributed by atoms with E-state index >= 15 is 53.7 Å². The normalized spacial score (nSPS) is 24.9. The number of ether oxygens (including phenoxy) is 4. The third kappa shape index (κ3) is 11.5. The summed E-state index contributed by atoms with van der Waals surface area (Å²) in [6.07, 6.45) is -7.64. The lowest BCUT2D eigenvalue weighted by molar-refractivity contribution is -0.456. The van der Waals surface area contributed by atoms with Crippen LogP contribution < -0.4 is 0 Å². The SMILES string of the molecule is O=C(O[C@@]1(C(=O)c2ccc(Cl)cc2)[C@@](O)(C(=O)c2ccc(Cl)cc2)[C@](O)(C(=O)c2ccc(Cl)cc2)[C@@](OC2(CO)O[C@H](CO)[C@@H](O)[C@@H]2O)(C(=O)c2ccc(Cl)cc2)O[C@]1(C(=O)c1ccc(Cl)cc1)C(O)(C(=O)c1ccc(Cl)cc1)C(=O)c1ccc(Cl)cc1)c1ccc(Cl)cc1. The number of rotatable bonds is 21. The largest absolute Gasteiger partial charge is 0.439 e. The highest BCUT2D eigenvalue weighted by molar-refractivity contribution is 6.36. The summed E-state index contributed by atoms with van der Waals surface area (Å²) in [5.74, 6) is -27.1. The first kappa shape index (κ1) is 70.6. The molecule has 2 saturated heterocycles. The fourth-order valence-electron chi connectivity index (χ4n) is 11.7. The molecule has 2 fully saturated rings. The molecule has 2 heterocycles. The molecule has 8 aromatic carbocycles. The number of halogens is 8. The minimum absolute atomic E-state index is 0.0963. The van der Waals surface area contributed by atoms with Crippen LogP contribution in [0.3, 0.4) is 0 Å². The van der Waals surface area contributed by atoms with E-state index < -0.39 is 162 Å². The number of ketones is 7. The number of esters is 1. The van der Waals surface area contributed by atoms with Crippen molar-refractivity contribution in [3.63, 3.8) is 0 Å². The van der Waals surface area contributed by atoms with E-state index in [1.54, 1.807) is 0 Å². The summed E-state index contributed by atoms with van der Waals surface area (Å²) in [5, 5.41) is 92.0. The standard InChI is InChI=1S/C68H46Cl8O19/c69-43-17-1-35(2-18-43)53(80)63(89,54(81)36-3-19-44(70)20-4-36)66(57(84)39-9-25-47(73)26-10-39)67(58(85)40-11-27-48(74)28-12-40,93-61(88)42-15-31-50(76)32-16-42)64(90,55(82)37-5-21-45(71)22-6-37)65(91,56(83)38-7-23-46(72)24-8-38)68(95-66,59(86)41-13-29-49(75)30-14-41)94-62(34-78)60(87)52(79)51(33-77)92-62/h1-32,51-52,60,77-79,87,89-91H,33-34H2/t51-,52-,60+,62?,64-,65-,66-,67+,68-/m1/s1. The van der Waals surface area contributed by atoms with Gasteiger partial charge in [-0.3, -0.25) is 33.6 Å². The van der Waals surface area contributed by atoms with Gasteiger partial charge in [0, 0.05) is 79.1 Å². The minimum Gasteiger partial charge on any atom is -0.439 e. The zero-order valence-electron chi connectivity index (χ0n) is 48.2. The fraction of sp³-hybridized carbons (Fsp3) is 0.176. The van der Waals surface area contributed by atoms with Gasteiger partial charge in [0.2, 0.25) is 68.7 Å². The second kappa shape index (κ2) is 27.0. The van der Waals surface area contributed by atoms with Crippen LogP contribution in [0.25, 0.3) is 0 Å². The Morgan fingerprint density at radius 3 is 1.03 bits per heavy atom. The van der Waals surface area contributed by atoms with Crippen molar-refractivity contribution in [3.05, 3.63) is 279 Å². The van der Waals surface area contributed by atoms with Crippen molar-refractivity contribution in [1.29, 1.82) is 0 Å². The quantitative estimate of drug-likeness (QED) is 0.0200. The topological polar surface area (TPSA) is 315 Å². The Balaban J connectivity index is 1.62. The maximum absolute atomic E-state index is 18.0. The molecule has 0 bridgehead atoms. The van der Waals surface area contributed by atoms with Gasteiger partial charge in [0.05, 0.1) is 12.2 Å². The van der Waals surface area contributed by atoms with Crippen molar-refractivity contribution in [2.75, 3.05) is 13.2 Å². The van der Waals surface area contributed by atoms with Crippen molar-refractivity contribution < 1.29 is 93.0 Å². The summed E-state index contributed by atoms with van der Waals surface area (Å²) < 4.78 is 26.3. The number of carbonyl (C=O) groups excluding carboxylic acids is 8. The Morgan fingerprint density at radius 2 is 0.705 bits per heavy atom. The van der Waals surface area contributed by atoms with Gasteiger partial charge in [-0.15, -0.1) is 0 Å². The molecule has 2 aliphatic heterocycles. The predicted molar refractivity (Wildman–Crippen MR) is 346 cm³/mol. The molecule has 8 aromatic rings. The van der Waals surface area contributed by atoms with Crippen molar-refractivity contribution in [3.8, 4) is 0 Å². The molecular formula is C68H46Cl8O19. The van der Waals surface area contributed by atoms with Crippen LogP contribution in [-0.4, -0.2) is 153 Å². The summed E-state index contributed by atoms with van der Waals surface area (Å²) in [7, 11) is 0. The summed E-state index contributed by atoms with van der Waals surface area (Å²) in [5.41, 5.74) is -34.5. The molecule has 0 aliphatic carbocycles. The van der Waals surface area contributed by atoms with Crippen LogP contribution >= 0.6 is 92.8 Å². The Labute approximate surface area is 578 Å². The second-order valence-electron chi connectivity index (χ2n) is 21.8. The first-order chi connectivity index (χ1) is 45.0. The van der Waals surface area contributed by atoms with Crippen molar-refractivity contribution in [1.82, 2.24) is 0 Å². The highest BCUT2D eigenvalue weighted by Gasteiger charge is 2.98. The third-order valence-corrected chi connectivity index (χ3v) is 18.4. The van der Waals surface area contributed by atoms with Crippen LogP contribution in [0.15, 0.2) is 194 Å². The molecule has 0 spiro atoms. The maximum Gasteiger partial charge on any atom is 0.339 e. The molecule has 0 radical (unpaired) electrons. The van der Waals surface area contributed by atoms with E-state index in [0.717, 1.165) is 194 Å². The number of aliphatic hydroxyl groups excluding tert-OH is 4. The first-order valence-corrected chi connectivity index (χ1v) is 30.9. The van der Waals surface area contributed by atoms with Crippen LogP contribution in [0.4, 0.5) is 0 Å². The maximum atomic E-state index is 18.0. The van der Waals surface area contributed by atoms with Crippen molar-refractivity contribution in [2.45, 2.75) is 57.9 Å². The van der Waals surface area contributed by atoms with Gasteiger partial charge < -0.3 is 54.7 Å². The molecule has 7 N–H and O–H groups in total. The average Bonchev–Trinajstić information content (AvgIpc) is 0.681. The number of benzene rings is 8. The predicted octanol–water partition coefficient (Wildman–Crippen LogP) is 10.5. The molecule has 488 valence electrons. The monoisotopic (exact) mass is 1450 g/mol. The fourth-order valence-corrected chi connectivity index (χ4v) is 12.7. The Bertz CT molecular complexity index is 4280. The lowest BCUT2D eigenvalue weighted by Gasteiger charge is -2.68. The first-order valence-electron chi connectivity index (χ1n) is 27.9. The number of hydrogen-bond acceptors (Lipinski definition) is 19. The minimum atomic E-state index is -5.49. The summed E-state index contributed by atoms with van der Waals surface area (Å²) in [6, 6.07) is 28.8. The Kier molecular flexibility index (Phi) is 20.1. The van der Waals surface area contributed by atoms with Crippen LogP contribution in [0.2, 0.25) is 40.2 Å². The van der Waals surface area contributed by atoms with Gasteiger partial charge in [0.25, 0.3) is 11.4 Å². The molecule has 9 atom stereocenters. The van der Waals surface area contributed by atoms with Gasteiger partial charge in [-0.2, -0.15) is 0 Å². The van der Waals surface area contributed by atoms with Crippen LogP contribution in [0.1, 0.15) is 82.9 Å². The van der Waals surface area contributed by atoms with E-state index in [1.807, 2.05) is 0 Å². The van der Waals surface area contributed by atoms with E-state index in [9.17, 15) is 20.4 Å². The molecule has 19 nitrogen and oxygen atoms in total. The zero-order chi connectivity index (χ0) is 69.0. The molecule has 1 unspecified atom stereocenters. The molecule has 27 heteroatoms. The van der Waals surface area contributed by atoms with Gasteiger partial charge >= 0.3 is 5.97 Å². The second-order valence-corrected chi connectivity index (χ2v) is 25.3. The van der Waals surface area contributed by atoms with Crippen LogP contribution in [0, 0.1) is 0 Å². The third-order valence-electron chi connectivity index (χ3n) is 16.4. The molecule has 2 aliphatic rings. The van der Waals surface area contributed by atoms with Crippen molar-refractivity contribution >= 4 is 139 Å². The average molecular weight is 1450 g/mol. The molecule has 0 saturated carbocycles. The smallest absolute Gasteiger partial charge is 0.339 e. The van der Waals surface area contributed by atoms with E-state index in [1.165, 1.54) is 0 Å². The van der Waals surface area contributed by atoms with Gasteiger partial charge in [-0.25, -0.2) is 4.79 Å². The van der Waals surface area contributed by atoms with Crippen LogP contribution in [0.5, 0.6) is 0 Å². The Hall–Kier alpha value is -7.16. The Morgan fingerprint density at radius 1 is 0.411 bits per heavy atom. The molecule has 95 heavy (non-hydrogen) atoms. The lowest BCUT2D eigenvalue weighted by atomic mass is 9.46. The van der Waals surface area contributed by atoms with E-state index in [-0.39, 0.29) is 40.2 Å². The molecule has 0 aromatic heterocycles. The van der Waals surface area contributed by atoms with Gasteiger partial charge in [0.15, 0.2) is 0 Å². The zero-order valence-corrected chi connectivity index (χ0v) is 54.2. The highest BCUT2D eigenvalue weighted by atomic mass is 35.5. The number of hydrogen-bond donors (Lipinski definition) is 7. The number of aliphatic hydroxyl groups is 7. The van der Waals surface area contributed by atoms with Gasteiger partial charge in [-0.1, -0.05) is 92.8 Å². The van der Waals surface area contributed by atoms with E-state index in [4.69, 9.17) is 112 Å². The molecule has 0 amide bonds. The van der Waals surface area contributed by atoms with E-state index in [0.29, 0.717) is 0 Å². The lowest BCUT2D eigenvalue weighted by Crippen LogP contribution is -2.99. The number of Topliss-reactive ketones (excluding diaryl/α,β-unsaturated/α-hetero) is 7. The van der Waals surface area contributed by atoms with E-state index in [2.05, 4.69) is 0 Å². The highest BCUT2D eigenvalue weighted by Crippen LogP contribution is 2.65. The van der Waals surface area contributed by atoms with Crippen LogP contribution in [-0.2, 0) is 18.9 Å². The van der Waals surface area contributed by atoms with Gasteiger partial charge in [0.1, 0.15) is 24.9 Å². The summed E-state index contributed by atoms with van der Waals surface area (Å²) in [6.45, 7) is -3.32.